The third-order valence-corrected chi connectivity index (χ3v) is 8.91. The molecule has 0 saturated heterocycles. The van der Waals surface area contributed by atoms with E-state index in [1.165, 1.54) is 18.2 Å². The van der Waals surface area contributed by atoms with E-state index in [0.717, 1.165) is 37.5 Å². The van der Waals surface area contributed by atoms with E-state index in [2.05, 4.69) is 20.8 Å². The highest BCUT2D eigenvalue weighted by Gasteiger charge is 2.51. The molecule has 2 bridgehead atoms. The topological polar surface area (TPSA) is 109 Å². The molecule has 0 aliphatic heterocycles. The van der Waals surface area contributed by atoms with Crippen LogP contribution in [0.15, 0.2) is 42.5 Å². The predicted molar refractivity (Wildman–Crippen MR) is 149 cm³/mol. The highest BCUT2D eigenvalue weighted by atomic mass is 19.4. The van der Waals surface area contributed by atoms with Gasteiger partial charge in [0.25, 0.3) is 0 Å². The number of amides is 2. The second-order valence-electron chi connectivity index (χ2n) is 11.9. The maximum absolute atomic E-state index is 13.6. The van der Waals surface area contributed by atoms with Gasteiger partial charge in [0.05, 0.1) is 11.1 Å². The summed E-state index contributed by atoms with van der Waals surface area (Å²) >= 11 is 0. The van der Waals surface area contributed by atoms with Crippen LogP contribution in [-0.4, -0.2) is 44.6 Å². The average molecular weight is 698 g/mol. The van der Waals surface area contributed by atoms with E-state index in [1.807, 2.05) is 0 Å². The van der Waals surface area contributed by atoms with Gasteiger partial charge in [-0.25, -0.2) is 14.0 Å². The van der Waals surface area contributed by atoms with Crippen LogP contribution < -0.4 is 10.6 Å². The molecule has 3 N–H and O–H groups in total. The molecule has 0 radical (unpaired) electrons. The van der Waals surface area contributed by atoms with Gasteiger partial charge in [-0.05, 0) is 67.7 Å². The number of carboxylic acids is 1. The largest absolute Gasteiger partial charge is 0.490 e. The summed E-state index contributed by atoms with van der Waals surface area (Å²) in [7, 11) is 1.68. The third-order valence-electron chi connectivity index (χ3n) is 8.91. The molecule has 1 heterocycles. The van der Waals surface area contributed by atoms with Gasteiger partial charge in [-0.1, -0.05) is 24.3 Å². The quantitative estimate of drug-likeness (QED) is 0.233. The number of urea groups is 1. The zero-order valence-corrected chi connectivity index (χ0v) is 25.1. The SMILES string of the molecule is Cn1c(-c2ccccc2C(F)(F)F)nnc1C12CCC(CNC(=O)NCc3ccc(F)cc3C(F)(F)F)(CC1)CC2.O=C(O)C(F)(F)F. The Morgan fingerprint density at radius 1 is 0.833 bits per heavy atom. The summed E-state index contributed by atoms with van der Waals surface area (Å²) in [6, 6.07) is 6.96. The van der Waals surface area contributed by atoms with Crippen molar-refractivity contribution in [1.82, 2.24) is 25.4 Å². The number of halogens is 10. The van der Waals surface area contributed by atoms with Crippen molar-refractivity contribution in [3.05, 3.63) is 70.8 Å². The van der Waals surface area contributed by atoms with E-state index < -0.39 is 54.0 Å². The van der Waals surface area contributed by atoms with Gasteiger partial charge >= 0.3 is 30.5 Å². The molecular formula is C30H29F10N5O3. The predicted octanol–water partition coefficient (Wildman–Crippen LogP) is 7.38. The number of aromatic nitrogens is 3. The van der Waals surface area contributed by atoms with Crippen molar-refractivity contribution in [2.45, 2.75) is 69.0 Å². The highest BCUT2D eigenvalue weighted by Crippen LogP contribution is 2.57. The minimum atomic E-state index is -5.08. The molecule has 2 amide bonds. The van der Waals surface area contributed by atoms with Crippen molar-refractivity contribution in [2.75, 3.05) is 6.54 Å². The summed E-state index contributed by atoms with van der Waals surface area (Å²) in [5.74, 6) is -2.98. The van der Waals surface area contributed by atoms with Crippen LogP contribution in [-0.2, 0) is 36.2 Å². The maximum atomic E-state index is 13.6. The molecule has 8 nitrogen and oxygen atoms in total. The monoisotopic (exact) mass is 697 g/mol. The van der Waals surface area contributed by atoms with Crippen molar-refractivity contribution >= 4 is 12.0 Å². The Balaban J connectivity index is 0.000000671. The lowest BCUT2D eigenvalue weighted by molar-refractivity contribution is -0.192. The summed E-state index contributed by atoms with van der Waals surface area (Å²) in [5, 5.41) is 20.8. The first-order valence-electron chi connectivity index (χ1n) is 14.4. The van der Waals surface area contributed by atoms with Crippen molar-refractivity contribution in [3.8, 4) is 11.4 Å². The van der Waals surface area contributed by atoms with Gasteiger partial charge < -0.3 is 20.3 Å². The van der Waals surface area contributed by atoms with Gasteiger partial charge in [-0.3, -0.25) is 0 Å². The normalized spacial score (nSPS) is 20.9. The van der Waals surface area contributed by atoms with Gasteiger partial charge in [0.2, 0.25) is 0 Å². The van der Waals surface area contributed by atoms with Crippen LogP contribution >= 0.6 is 0 Å². The minimum absolute atomic E-state index is 0.0307. The lowest BCUT2D eigenvalue weighted by Gasteiger charge is -2.52. The molecule has 262 valence electrons. The van der Waals surface area contributed by atoms with Gasteiger partial charge in [-0.15, -0.1) is 10.2 Å². The van der Waals surface area contributed by atoms with E-state index in [4.69, 9.17) is 9.90 Å². The molecule has 0 unspecified atom stereocenters. The second kappa shape index (κ2) is 13.3. The van der Waals surface area contributed by atoms with Crippen LogP contribution in [0.4, 0.5) is 48.7 Å². The van der Waals surface area contributed by atoms with Crippen LogP contribution in [0, 0.1) is 11.2 Å². The number of aliphatic carboxylic acids is 1. The number of benzene rings is 2. The number of alkyl halides is 9. The number of nitrogens with one attached hydrogen (secondary N) is 2. The second-order valence-corrected chi connectivity index (χ2v) is 11.9. The van der Waals surface area contributed by atoms with E-state index in [1.54, 1.807) is 11.6 Å². The van der Waals surface area contributed by atoms with Crippen LogP contribution in [0.5, 0.6) is 0 Å². The van der Waals surface area contributed by atoms with E-state index in [9.17, 15) is 48.7 Å². The van der Waals surface area contributed by atoms with Crippen LogP contribution in [0.25, 0.3) is 11.4 Å². The van der Waals surface area contributed by atoms with Crippen LogP contribution in [0.2, 0.25) is 0 Å². The number of hydrogen-bond donors (Lipinski definition) is 3. The van der Waals surface area contributed by atoms with Gasteiger partial charge in [0.15, 0.2) is 5.82 Å². The Kier molecular flexibility index (Phi) is 10.1. The molecule has 3 aromatic rings. The first kappa shape index (κ1) is 36.5. The Morgan fingerprint density at radius 3 is 1.94 bits per heavy atom. The molecule has 0 spiro atoms. The molecule has 6 rings (SSSR count). The fraction of sp³-hybridized carbons (Fsp3) is 0.467. The molecule has 2 aromatic carbocycles. The molecular weight excluding hydrogens is 668 g/mol. The number of fused-ring (bicyclic) bond motifs is 3. The molecule has 3 aliphatic carbocycles. The van der Waals surface area contributed by atoms with E-state index in [-0.39, 0.29) is 27.8 Å². The molecule has 3 fully saturated rings. The number of hydrogen-bond acceptors (Lipinski definition) is 4. The Labute approximate surface area is 266 Å². The lowest BCUT2D eigenvalue weighted by atomic mass is 9.53. The van der Waals surface area contributed by atoms with Gasteiger partial charge in [-0.2, -0.15) is 39.5 Å². The van der Waals surface area contributed by atoms with Crippen LogP contribution in [0.3, 0.4) is 0 Å². The van der Waals surface area contributed by atoms with E-state index in [0.29, 0.717) is 37.7 Å². The van der Waals surface area contributed by atoms with Crippen molar-refractivity contribution in [2.24, 2.45) is 12.5 Å². The zero-order chi connectivity index (χ0) is 35.7. The van der Waals surface area contributed by atoms with Crippen LogP contribution in [0.1, 0.15) is 61.0 Å². The maximum Gasteiger partial charge on any atom is 0.490 e. The highest BCUT2D eigenvalue weighted by molar-refractivity contribution is 5.74. The smallest absolute Gasteiger partial charge is 0.475 e. The van der Waals surface area contributed by atoms with Crippen molar-refractivity contribution in [1.29, 1.82) is 0 Å². The lowest BCUT2D eigenvalue weighted by Crippen LogP contribution is -2.51. The molecule has 3 aliphatic rings. The Bertz CT molecular complexity index is 1620. The fourth-order valence-corrected chi connectivity index (χ4v) is 6.29. The summed E-state index contributed by atoms with van der Waals surface area (Å²) in [5.41, 5.74) is -2.72. The zero-order valence-electron chi connectivity index (χ0n) is 25.1. The first-order valence-corrected chi connectivity index (χ1v) is 14.4. The van der Waals surface area contributed by atoms with Gasteiger partial charge in [0.1, 0.15) is 11.6 Å². The standard InChI is InChI=1S/C28H28F7N5O.C2HF3O2/c1-40-22(19-4-2-3-5-20(19)27(30,31)32)38-39-23(40)26-11-8-25(9-12-26,10-13-26)16-37-24(41)36-15-17-6-7-18(29)14-21(17)28(33,34)35;3-2(4,5)1(6)7/h2-7,14H,8-13,15-16H2,1H3,(H2,36,37,41);(H,6,7). The average Bonchev–Trinajstić information content (AvgIpc) is 3.41. The van der Waals surface area contributed by atoms with Crippen molar-refractivity contribution in [3.63, 3.8) is 0 Å². The van der Waals surface area contributed by atoms with Gasteiger partial charge in [0, 0.05) is 31.1 Å². The summed E-state index contributed by atoms with van der Waals surface area (Å²) in [6.07, 6.45) is -10.00. The number of nitrogens with zero attached hydrogens (tertiary/aromatic N) is 3. The van der Waals surface area contributed by atoms with E-state index >= 15 is 0 Å². The summed E-state index contributed by atoms with van der Waals surface area (Å²) in [4.78, 5) is 21.3. The Morgan fingerprint density at radius 2 is 1.40 bits per heavy atom. The summed E-state index contributed by atoms with van der Waals surface area (Å²) < 4.78 is 127. The number of carbonyl (C=O) groups excluding carboxylic acids is 1. The van der Waals surface area contributed by atoms with Crippen molar-refractivity contribution < 1.29 is 58.6 Å². The molecule has 3 saturated carbocycles. The molecule has 1 aromatic heterocycles. The Hall–Kier alpha value is -4.38. The first-order chi connectivity index (χ1) is 22.2. The fourth-order valence-electron chi connectivity index (χ4n) is 6.29. The third kappa shape index (κ3) is 8.01. The molecule has 0 atom stereocenters. The minimum Gasteiger partial charge on any atom is -0.475 e. The molecule has 48 heavy (non-hydrogen) atoms. The number of carbonyl (C=O) groups is 2. The summed E-state index contributed by atoms with van der Waals surface area (Å²) in [6.45, 7) is -0.0868. The number of rotatable bonds is 6. The number of carboxylic acid groups (broad SMARTS) is 1. The molecule has 18 heteroatoms.